The van der Waals surface area contributed by atoms with E-state index in [1.165, 1.54) is 6.92 Å². The summed E-state index contributed by atoms with van der Waals surface area (Å²) in [5.41, 5.74) is 7.36. The van der Waals surface area contributed by atoms with Gasteiger partial charge in [-0.25, -0.2) is 13.1 Å². The third-order valence-corrected chi connectivity index (χ3v) is 5.52. The van der Waals surface area contributed by atoms with E-state index in [0.717, 1.165) is 11.3 Å². The van der Waals surface area contributed by atoms with E-state index in [9.17, 15) is 13.2 Å². The molecule has 1 atom stereocenters. The molecule has 24 heavy (non-hydrogen) atoms. The van der Waals surface area contributed by atoms with Gasteiger partial charge in [-0.2, -0.15) is 0 Å². The van der Waals surface area contributed by atoms with E-state index in [-0.39, 0.29) is 35.8 Å². The summed E-state index contributed by atoms with van der Waals surface area (Å²) in [5, 5.41) is 0. The lowest BCUT2D eigenvalue weighted by atomic mass is 10.1. The zero-order valence-corrected chi connectivity index (χ0v) is 15.9. The number of anilines is 1. The quantitative estimate of drug-likeness (QED) is 0.790. The summed E-state index contributed by atoms with van der Waals surface area (Å²) in [6.45, 7) is 6.44. The maximum Gasteiger partial charge on any atom is 0.240 e. The Labute approximate surface area is 150 Å². The number of fused-ring (bicyclic) bond motifs is 1. The molecule has 0 aromatic heterocycles. The number of carbonyl (C=O) groups is 1. The van der Waals surface area contributed by atoms with Crippen LogP contribution in [-0.4, -0.2) is 33.5 Å². The van der Waals surface area contributed by atoms with E-state index in [4.69, 9.17) is 5.73 Å². The maximum absolute atomic E-state index is 12.6. The molecule has 3 N–H and O–H groups in total. The third kappa shape index (κ3) is 4.69. The molecule has 1 aromatic carbocycles. The number of nitrogens with two attached hydrogens (primary N) is 1. The lowest BCUT2D eigenvalue weighted by Gasteiger charge is -2.19. The summed E-state index contributed by atoms with van der Waals surface area (Å²) in [7, 11) is -3.61. The molecule has 0 aliphatic carbocycles. The van der Waals surface area contributed by atoms with Gasteiger partial charge < -0.3 is 10.6 Å². The Balaban J connectivity index is 0.00000288. The fraction of sp³-hybridized carbons (Fsp3) is 0.562. The summed E-state index contributed by atoms with van der Waals surface area (Å²) < 4.78 is 27.8. The normalized spacial score (nSPS) is 15.1. The second kappa shape index (κ2) is 8.29. The molecular weight excluding hydrogens is 350 g/mol. The largest absolute Gasteiger partial charge is 0.329 e. The Hall–Kier alpha value is -1.15. The molecule has 6 nitrogen and oxygen atoms in total. The molecule has 8 heteroatoms. The second-order valence-electron chi connectivity index (χ2n) is 6.39. The smallest absolute Gasteiger partial charge is 0.240 e. The Morgan fingerprint density at radius 3 is 2.58 bits per heavy atom. The van der Waals surface area contributed by atoms with Crippen molar-refractivity contribution < 1.29 is 13.2 Å². The summed E-state index contributed by atoms with van der Waals surface area (Å²) in [5.74, 6) is 0.327. The predicted molar refractivity (Wildman–Crippen MR) is 98.0 cm³/mol. The van der Waals surface area contributed by atoms with Crippen LogP contribution in [0.2, 0.25) is 0 Å². The highest BCUT2D eigenvalue weighted by molar-refractivity contribution is 7.89. The minimum atomic E-state index is -3.61. The van der Waals surface area contributed by atoms with Gasteiger partial charge in [-0.15, -0.1) is 12.4 Å². The highest BCUT2D eigenvalue weighted by Gasteiger charge is 2.26. The topological polar surface area (TPSA) is 92.5 Å². The molecular formula is C16H26ClN3O3S. The number of amides is 1. The minimum Gasteiger partial charge on any atom is -0.329 e. The van der Waals surface area contributed by atoms with Crippen LogP contribution in [0.1, 0.15) is 32.8 Å². The summed E-state index contributed by atoms with van der Waals surface area (Å²) in [4.78, 5) is 13.5. The van der Waals surface area contributed by atoms with Gasteiger partial charge >= 0.3 is 0 Å². The fourth-order valence-corrected chi connectivity index (χ4v) is 4.23. The Morgan fingerprint density at radius 2 is 2.04 bits per heavy atom. The molecule has 0 fully saturated rings. The van der Waals surface area contributed by atoms with Crippen LogP contribution < -0.4 is 15.4 Å². The molecule has 0 saturated heterocycles. The van der Waals surface area contributed by atoms with Gasteiger partial charge in [0.05, 0.1) is 4.90 Å². The van der Waals surface area contributed by atoms with E-state index in [1.54, 1.807) is 23.1 Å². The number of carbonyl (C=O) groups excluding carboxylic acids is 1. The average molecular weight is 376 g/mol. The van der Waals surface area contributed by atoms with Crippen LogP contribution in [0.5, 0.6) is 0 Å². The van der Waals surface area contributed by atoms with Crippen LogP contribution in [0, 0.1) is 5.92 Å². The highest BCUT2D eigenvalue weighted by atomic mass is 35.5. The zero-order valence-electron chi connectivity index (χ0n) is 14.3. The van der Waals surface area contributed by atoms with Gasteiger partial charge in [0.1, 0.15) is 0 Å². The van der Waals surface area contributed by atoms with Crippen LogP contribution in [0.4, 0.5) is 5.69 Å². The minimum absolute atomic E-state index is 0. The lowest BCUT2D eigenvalue weighted by molar-refractivity contribution is -0.116. The summed E-state index contributed by atoms with van der Waals surface area (Å²) >= 11 is 0. The van der Waals surface area contributed by atoms with E-state index in [1.807, 2.05) is 13.8 Å². The van der Waals surface area contributed by atoms with Gasteiger partial charge in [0, 0.05) is 31.7 Å². The predicted octanol–water partition coefficient (Wildman–Crippen LogP) is 1.67. The van der Waals surface area contributed by atoms with E-state index in [0.29, 0.717) is 25.3 Å². The number of halogens is 1. The maximum atomic E-state index is 12.6. The molecule has 1 aliphatic rings. The zero-order chi connectivity index (χ0) is 17.2. The standard InChI is InChI=1S/C16H25N3O3S.ClH/c1-11(2)8-14(10-17)18-23(21,22)15-4-5-16-13(9-15)6-7-19(16)12(3)20;/h4-5,9,11,14,18H,6-8,10,17H2,1-3H3;1H. The van der Waals surface area contributed by atoms with Crippen LogP contribution in [-0.2, 0) is 21.2 Å². The van der Waals surface area contributed by atoms with Crippen molar-refractivity contribution in [1.29, 1.82) is 0 Å². The van der Waals surface area contributed by atoms with Crippen molar-refractivity contribution in [2.45, 2.75) is 44.6 Å². The first-order chi connectivity index (χ1) is 10.7. The fourth-order valence-electron chi connectivity index (χ4n) is 2.92. The van der Waals surface area contributed by atoms with Gasteiger partial charge in [0.15, 0.2) is 0 Å². The first kappa shape index (κ1) is 20.9. The summed E-state index contributed by atoms with van der Waals surface area (Å²) in [6, 6.07) is 4.63. The highest BCUT2D eigenvalue weighted by Crippen LogP contribution is 2.30. The van der Waals surface area contributed by atoms with Gasteiger partial charge in [0.25, 0.3) is 0 Å². The molecule has 136 valence electrons. The molecule has 1 heterocycles. The van der Waals surface area contributed by atoms with Crippen molar-refractivity contribution in [2.75, 3.05) is 18.0 Å². The van der Waals surface area contributed by atoms with E-state index >= 15 is 0 Å². The SMILES string of the molecule is CC(=O)N1CCc2cc(S(=O)(=O)NC(CN)CC(C)C)ccc21.Cl. The Morgan fingerprint density at radius 1 is 1.38 bits per heavy atom. The van der Waals surface area contributed by atoms with Crippen molar-refractivity contribution in [1.82, 2.24) is 4.72 Å². The van der Waals surface area contributed by atoms with Crippen molar-refractivity contribution in [2.24, 2.45) is 11.7 Å². The summed E-state index contributed by atoms with van der Waals surface area (Å²) in [6.07, 6.45) is 1.36. The van der Waals surface area contributed by atoms with Crippen molar-refractivity contribution in [3.8, 4) is 0 Å². The molecule has 0 bridgehead atoms. The van der Waals surface area contributed by atoms with Gasteiger partial charge in [-0.1, -0.05) is 13.8 Å². The van der Waals surface area contributed by atoms with Crippen LogP contribution in [0.25, 0.3) is 0 Å². The number of rotatable bonds is 6. The first-order valence-corrected chi connectivity index (χ1v) is 9.36. The number of benzene rings is 1. The van der Waals surface area contributed by atoms with Crippen molar-refractivity contribution >= 4 is 34.0 Å². The second-order valence-corrected chi connectivity index (χ2v) is 8.11. The van der Waals surface area contributed by atoms with E-state index < -0.39 is 10.0 Å². The number of hydrogen-bond donors (Lipinski definition) is 2. The number of nitrogens with one attached hydrogen (secondary N) is 1. The van der Waals surface area contributed by atoms with E-state index in [2.05, 4.69) is 4.72 Å². The van der Waals surface area contributed by atoms with Gasteiger partial charge in [0.2, 0.25) is 15.9 Å². The third-order valence-electron chi connectivity index (χ3n) is 4.00. The molecule has 0 saturated carbocycles. The molecule has 0 spiro atoms. The number of sulfonamides is 1. The monoisotopic (exact) mass is 375 g/mol. The average Bonchev–Trinajstić information content (AvgIpc) is 2.88. The lowest BCUT2D eigenvalue weighted by Crippen LogP contribution is -2.41. The molecule has 2 rings (SSSR count). The van der Waals surface area contributed by atoms with Crippen molar-refractivity contribution in [3.05, 3.63) is 23.8 Å². The van der Waals surface area contributed by atoms with Crippen LogP contribution >= 0.6 is 12.4 Å². The van der Waals surface area contributed by atoms with Gasteiger partial charge in [-0.05, 0) is 42.5 Å². The van der Waals surface area contributed by atoms with Crippen LogP contribution in [0.3, 0.4) is 0 Å². The van der Waals surface area contributed by atoms with Crippen LogP contribution in [0.15, 0.2) is 23.1 Å². The Bertz CT molecular complexity index is 692. The Kier molecular flexibility index (Phi) is 7.22. The molecule has 1 unspecified atom stereocenters. The molecule has 1 aliphatic heterocycles. The molecule has 1 aromatic rings. The molecule has 1 amide bonds. The number of hydrogen-bond acceptors (Lipinski definition) is 4. The molecule has 0 radical (unpaired) electrons. The first-order valence-electron chi connectivity index (χ1n) is 7.88. The number of nitrogens with zero attached hydrogens (tertiary/aromatic N) is 1. The van der Waals surface area contributed by atoms with Crippen molar-refractivity contribution in [3.63, 3.8) is 0 Å². The van der Waals surface area contributed by atoms with Gasteiger partial charge in [-0.3, -0.25) is 4.79 Å².